The molecule has 3 rings (SSSR count). The van der Waals surface area contributed by atoms with Crippen LogP contribution in [0.3, 0.4) is 0 Å². The molecule has 2 aromatic rings. The van der Waals surface area contributed by atoms with Crippen LogP contribution in [0, 0.1) is 6.92 Å². The maximum atomic E-state index is 5.64. The molecule has 108 valence electrons. The molecule has 5 nitrogen and oxygen atoms in total. The predicted molar refractivity (Wildman–Crippen MR) is 83.8 cm³/mol. The number of hydrogen-bond donors (Lipinski definition) is 2. The lowest BCUT2D eigenvalue weighted by atomic mass is 10.2. The van der Waals surface area contributed by atoms with Crippen LogP contribution in [-0.4, -0.2) is 36.3 Å². The van der Waals surface area contributed by atoms with Crippen molar-refractivity contribution < 1.29 is 4.74 Å². The first-order chi connectivity index (χ1) is 9.76. The van der Waals surface area contributed by atoms with Crippen molar-refractivity contribution in [3.05, 3.63) is 10.9 Å². The summed E-state index contributed by atoms with van der Waals surface area (Å²) in [7, 11) is 1.85. The fourth-order valence-corrected chi connectivity index (χ4v) is 3.39. The van der Waals surface area contributed by atoms with Crippen LogP contribution in [-0.2, 0) is 4.74 Å². The SMILES string of the molecule is CNc1nc(NCCC2CCCO2)c2cc(C)sc2n1. The molecule has 0 spiro atoms. The Labute approximate surface area is 122 Å². The third-order valence-corrected chi connectivity index (χ3v) is 4.47. The molecular weight excluding hydrogens is 272 g/mol. The Morgan fingerprint density at radius 2 is 2.35 bits per heavy atom. The van der Waals surface area contributed by atoms with Crippen LogP contribution >= 0.6 is 11.3 Å². The van der Waals surface area contributed by atoms with Crippen LogP contribution in [0.5, 0.6) is 0 Å². The standard InChI is InChI=1S/C14H20N4OS/c1-9-8-11-12(16-6-5-10-4-3-7-19-10)17-14(15-2)18-13(11)20-9/h8,10H,3-7H2,1-2H3,(H2,15,16,17,18). The molecule has 1 aliphatic rings. The molecule has 6 heteroatoms. The van der Waals surface area contributed by atoms with Crippen molar-refractivity contribution in [2.24, 2.45) is 0 Å². The summed E-state index contributed by atoms with van der Waals surface area (Å²) in [6.45, 7) is 3.90. The number of thiophene rings is 1. The van der Waals surface area contributed by atoms with E-state index in [0.717, 1.165) is 35.6 Å². The Balaban J connectivity index is 1.74. The summed E-state index contributed by atoms with van der Waals surface area (Å²) < 4.78 is 5.64. The highest BCUT2D eigenvalue weighted by molar-refractivity contribution is 7.18. The average Bonchev–Trinajstić information content (AvgIpc) is 3.06. The second-order valence-electron chi connectivity index (χ2n) is 5.07. The van der Waals surface area contributed by atoms with Crippen LogP contribution in [0.25, 0.3) is 10.2 Å². The molecule has 0 saturated carbocycles. The number of nitrogens with zero attached hydrogens (tertiary/aromatic N) is 2. The van der Waals surface area contributed by atoms with Crippen molar-refractivity contribution >= 4 is 33.3 Å². The van der Waals surface area contributed by atoms with Crippen LogP contribution < -0.4 is 10.6 Å². The first kappa shape index (κ1) is 13.6. The van der Waals surface area contributed by atoms with Crippen molar-refractivity contribution in [3.63, 3.8) is 0 Å². The van der Waals surface area contributed by atoms with E-state index < -0.39 is 0 Å². The summed E-state index contributed by atoms with van der Waals surface area (Å²) in [5.74, 6) is 1.58. The van der Waals surface area contributed by atoms with Gasteiger partial charge in [-0.05, 0) is 32.3 Å². The largest absolute Gasteiger partial charge is 0.378 e. The summed E-state index contributed by atoms with van der Waals surface area (Å²) in [6, 6.07) is 2.15. The second-order valence-corrected chi connectivity index (χ2v) is 6.31. The molecular formula is C14H20N4OS. The first-order valence-electron chi connectivity index (χ1n) is 7.07. The average molecular weight is 292 g/mol. The van der Waals surface area contributed by atoms with Crippen LogP contribution in [0.4, 0.5) is 11.8 Å². The van der Waals surface area contributed by atoms with Gasteiger partial charge in [0.2, 0.25) is 5.95 Å². The van der Waals surface area contributed by atoms with Crippen LogP contribution in [0.15, 0.2) is 6.07 Å². The molecule has 0 bridgehead atoms. The minimum Gasteiger partial charge on any atom is -0.378 e. The molecule has 1 fully saturated rings. The minimum atomic E-state index is 0.410. The van der Waals surface area contributed by atoms with Gasteiger partial charge in [-0.15, -0.1) is 11.3 Å². The summed E-state index contributed by atoms with van der Waals surface area (Å²) in [6.07, 6.45) is 3.81. The minimum absolute atomic E-state index is 0.410. The van der Waals surface area contributed by atoms with Crippen LogP contribution in [0.2, 0.25) is 0 Å². The lowest BCUT2D eigenvalue weighted by Gasteiger charge is -2.11. The van der Waals surface area contributed by atoms with Gasteiger partial charge in [0.05, 0.1) is 11.5 Å². The third-order valence-electron chi connectivity index (χ3n) is 3.52. The lowest BCUT2D eigenvalue weighted by molar-refractivity contribution is 0.107. The molecule has 0 radical (unpaired) electrons. The van der Waals surface area contributed by atoms with E-state index in [9.17, 15) is 0 Å². The van der Waals surface area contributed by atoms with Gasteiger partial charge in [0.25, 0.3) is 0 Å². The zero-order chi connectivity index (χ0) is 13.9. The lowest BCUT2D eigenvalue weighted by Crippen LogP contribution is -2.13. The second kappa shape index (κ2) is 5.93. The summed E-state index contributed by atoms with van der Waals surface area (Å²) in [4.78, 5) is 11.3. The molecule has 3 heterocycles. The molecule has 1 aliphatic heterocycles. The number of aromatic nitrogens is 2. The highest BCUT2D eigenvalue weighted by atomic mass is 32.1. The number of fused-ring (bicyclic) bond motifs is 1. The first-order valence-corrected chi connectivity index (χ1v) is 7.89. The molecule has 1 unspecified atom stereocenters. The number of aryl methyl sites for hydroxylation is 1. The van der Waals surface area contributed by atoms with Crippen molar-refractivity contribution in [3.8, 4) is 0 Å². The van der Waals surface area contributed by atoms with Crippen molar-refractivity contribution in [1.82, 2.24) is 9.97 Å². The zero-order valence-electron chi connectivity index (χ0n) is 11.9. The quantitative estimate of drug-likeness (QED) is 0.887. The maximum absolute atomic E-state index is 5.64. The van der Waals surface area contributed by atoms with Gasteiger partial charge < -0.3 is 15.4 Å². The van der Waals surface area contributed by atoms with Gasteiger partial charge in [-0.2, -0.15) is 4.98 Å². The predicted octanol–water partition coefficient (Wildman–Crippen LogP) is 3.02. The fourth-order valence-electron chi connectivity index (χ4n) is 2.51. The molecule has 2 aromatic heterocycles. The van der Waals surface area contributed by atoms with Gasteiger partial charge >= 0.3 is 0 Å². The van der Waals surface area contributed by atoms with E-state index in [1.54, 1.807) is 11.3 Å². The Kier molecular flexibility index (Phi) is 4.03. The highest BCUT2D eigenvalue weighted by Gasteiger charge is 2.15. The van der Waals surface area contributed by atoms with Crippen molar-refractivity contribution in [2.45, 2.75) is 32.3 Å². The molecule has 1 atom stereocenters. The van der Waals surface area contributed by atoms with Gasteiger partial charge in [-0.3, -0.25) is 0 Å². The normalized spacial score (nSPS) is 18.6. The van der Waals surface area contributed by atoms with Gasteiger partial charge in [-0.1, -0.05) is 0 Å². The Bertz CT molecular complexity index is 592. The van der Waals surface area contributed by atoms with Gasteiger partial charge in [-0.25, -0.2) is 4.98 Å². The van der Waals surface area contributed by atoms with E-state index in [1.807, 2.05) is 7.05 Å². The summed E-state index contributed by atoms with van der Waals surface area (Å²) in [5, 5.41) is 7.57. The number of rotatable bonds is 5. The highest BCUT2D eigenvalue weighted by Crippen LogP contribution is 2.29. The van der Waals surface area contributed by atoms with Gasteiger partial charge in [0.15, 0.2) is 0 Å². The van der Waals surface area contributed by atoms with Gasteiger partial charge in [0, 0.05) is 25.1 Å². The number of anilines is 2. The van der Waals surface area contributed by atoms with E-state index in [2.05, 4.69) is 33.6 Å². The molecule has 1 saturated heterocycles. The smallest absolute Gasteiger partial charge is 0.225 e. The topological polar surface area (TPSA) is 59.1 Å². The fraction of sp³-hybridized carbons (Fsp3) is 0.571. The van der Waals surface area contributed by atoms with E-state index in [1.165, 1.54) is 17.7 Å². The number of ether oxygens (including phenoxy) is 1. The van der Waals surface area contributed by atoms with E-state index in [-0.39, 0.29) is 0 Å². The maximum Gasteiger partial charge on any atom is 0.225 e. The molecule has 2 N–H and O–H groups in total. The zero-order valence-corrected chi connectivity index (χ0v) is 12.7. The summed E-state index contributed by atoms with van der Waals surface area (Å²) >= 11 is 1.70. The number of hydrogen-bond acceptors (Lipinski definition) is 6. The van der Waals surface area contributed by atoms with Crippen molar-refractivity contribution in [1.29, 1.82) is 0 Å². The third kappa shape index (κ3) is 2.86. The van der Waals surface area contributed by atoms with Crippen LogP contribution in [0.1, 0.15) is 24.1 Å². The molecule has 0 aromatic carbocycles. The van der Waals surface area contributed by atoms with Crippen molar-refractivity contribution in [2.75, 3.05) is 30.8 Å². The van der Waals surface area contributed by atoms with E-state index in [0.29, 0.717) is 12.1 Å². The summed E-state index contributed by atoms with van der Waals surface area (Å²) in [5.41, 5.74) is 0. The Hall–Kier alpha value is -1.40. The number of nitrogens with one attached hydrogen (secondary N) is 2. The van der Waals surface area contributed by atoms with E-state index in [4.69, 9.17) is 4.74 Å². The molecule has 0 amide bonds. The van der Waals surface area contributed by atoms with Gasteiger partial charge in [0.1, 0.15) is 10.6 Å². The Morgan fingerprint density at radius 1 is 1.45 bits per heavy atom. The Morgan fingerprint density at radius 3 is 3.10 bits per heavy atom. The molecule has 0 aliphatic carbocycles. The monoisotopic (exact) mass is 292 g/mol. The molecule has 20 heavy (non-hydrogen) atoms. The van der Waals surface area contributed by atoms with E-state index >= 15 is 0 Å².